The zero-order chi connectivity index (χ0) is 20.9. The van der Waals surface area contributed by atoms with E-state index >= 15 is 0 Å². The van der Waals surface area contributed by atoms with Gasteiger partial charge in [-0.15, -0.1) is 0 Å². The molecule has 0 amide bonds. The summed E-state index contributed by atoms with van der Waals surface area (Å²) < 4.78 is 36.6. The van der Waals surface area contributed by atoms with E-state index in [-0.39, 0.29) is 132 Å². The molecule has 0 saturated carbocycles. The Labute approximate surface area is 264 Å². The molecule has 1 aliphatic heterocycles. The number of imidazole rings is 1. The van der Waals surface area contributed by atoms with Crippen molar-refractivity contribution in [1.82, 2.24) is 19.5 Å². The maximum Gasteiger partial charge on any atom is 1.00 e. The van der Waals surface area contributed by atoms with Gasteiger partial charge < -0.3 is 39.6 Å². The number of aromatic nitrogens is 4. The van der Waals surface area contributed by atoms with Gasteiger partial charge in [0.2, 0.25) is 5.95 Å². The van der Waals surface area contributed by atoms with E-state index in [1.807, 2.05) is 0 Å². The number of nitrogens with zero attached hydrogens (tertiary/aromatic N) is 3. The van der Waals surface area contributed by atoms with Gasteiger partial charge in [0.25, 0.3) is 5.56 Å². The van der Waals surface area contributed by atoms with Crippen LogP contribution in [0.2, 0.25) is 0 Å². The number of aliphatic hydroxyl groups is 2. The van der Waals surface area contributed by atoms with E-state index in [1.165, 1.54) is 0 Å². The first-order valence-corrected chi connectivity index (χ1v) is 10.4. The van der Waals surface area contributed by atoms with E-state index in [4.69, 9.17) is 20.3 Å². The van der Waals surface area contributed by atoms with E-state index < -0.39 is 52.4 Å². The van der Waals surface area contributed by atoms with Crippen molar-refractivity contribution in [3.63, 3.8) is 0 Å². The van der Waals surface area contributed by atoms with Gasteiger partial charge in [-0.25, -0.2) is 14.1 Å². The molecule has 31 heavy (non-hydrogen) atoms. The van der Waals surface area contributed by atoms with Crippen LogP contribution in [0.5, 0.6) is 0 Å². The van der Waals surface area contributed by atoms with Crippen LogP contribution < -0.4 is 122 Å². The minimum atomic E-state index is -5.32. The van der Waals surface area contributed by atoms with Crippen molar-refractivity contribution >= 4 is 32.8 Å². The first-order valence-electron chi connectivity index (χ1n) is 7.36. The number of phosphoric acid groups is 2. The molecule has 2 aromatic heterocycles. The number of aliphatic hydroxyl groups excluding tert-OH is 2. The molecule has 1 aliphatic rings. The second-order valence-corrected chi connectivity index (χ2v) is 8.49. The summed E-state index contributed by atoms with van der Waals surface area (Å²) in [5.74, 6) is -0.233. The van der Waals surface area contributed by atoms with Gasteiger partial charge in [-0.2, -0.15) is 9.29 Å². The fourth-order valence-corrected chi connectivity index (χ4v) is 4.15. The van der Waals surface area contributed by atoms with E-state index in [0.717, 1.165) is 10.9 Å². The van der Waals surface area contributed by atoms with Gasteiger partial charge in [-0.3, -0.25) is 18.9 Å². The van der Waals surface area contributed by atoms with Crippen LogP contribution in [-0.4, -0.2) is 69.3 Å². The Bertz CT molecular complexity index is 1060. The van der Waals surface area contributed by atoms with E-state index in [9.17, 15) is 29.0 Å². The predicted octanol–water partition coefficient (Wildman–Crippen LogP) is -11.1. The smallest absolute Gasteiger partial charge is 1.00 e. The normalized spacial score (nSPS) is 25.2. The summed E-state index contributed by atoms with van der Waals surface area (Å²) in [6.07, 6.45) is -4.88. The molecule has 1 fully saturated rings. The molecule has 0 spiro atoms. The molecular weight excluding hydrogens is 513 g/mol. The van der Waals surface area contributed by atoms with Crippen molar-refractivity contribution in [3.05, 3.63) is 16.7 Å². The molecule has 3 heterocycles. The van der Waals surface area contributed by atoms with Crippen molar-refractivity contribution in [1.29, 1.82) is 0 Å². The number of nitrogen functional groups attached to an aromatic ring is 1. The fourth-order valence-electron chi connectivity index (χ4n) is 2.55. The van der Waals surface area contributed by atoms with Crippen LogP contribution >= 0.6 is 15.6 Å². The average Bonchev–Trinajstić information content (AvgIpc) is 3.06. The number of fused-ring (bicyclic) bond motifs is 1. The van der Waals surface area contributed by atoms with Crippen molar-refractivity contribution in [2.75, 3.05) is 12.3 Å². The van der Waals surface area contributed by atoms with Gasteiger partial charge in [-0.1, -0.05) is 0 Å². The van der Waals surface area contributed by atoms with Crippen LogP contribution in [-0.2, 0) is 22.7 Å². The third kappa shape index (κ3) is 8.23. The second kappa shape index (κ2) is 12.8. The van der Waals surface area contributed by atoms with Gasteiger partial charge >= 0.3 is 126 Å². The first kappa shape index (κ1) is 32.9. The Balaban J connectivity index is -0.000000750. The number of aromatic amines is 1. The molecule has 2 aromatic rings. The largest absolute Gasteiger partial charge is 1.00 e. The van der Waals surface area contributed by atoms with Crippen molar-refractivity contribution in [2.45, 2.75) is 24.5 Å². The number of anilines is 1. The standard InChI is InChI=1S/C10H15N5O11P2.K.2Na.3H/c11-10-13-7-4(8(18)14-10)12-2-15(7)9-6(17)5(16)3(25-9)1-24-28(22,23)26-27(19,20)21;;;;;;/h2-3,5-6,9,16-17H,1H2,(H,22,23)(H2,19,20,21)(H3,11,13,14,18);;;;;;/q;3*+1;3*-1/t3-,5-,6-,9-;;;;;;/m1....../s1. The van der Waals surface area contributed by atoms with Crippen LogP contribution in [0.25, 0.3) is 11.2 Å². The van der Waals surface area contributed by atoms with Crippen molar-refractivity contribution in [3.8, 4) is 0 Å². The van der Waals surface area contributed by atoms with Crippen LogP contribution in [0.15, 0.2) is 11.1 Å². The van der Waals surface area contributed by atoms with E-state index in [0.29, 0.717) is 0 Å². The molecule has 5 atom stereocenters. The molecule has 0 bridgehead atoms. The summed E-state index contributed by atoms with van der Waals surface area (Å²) in [7, 11) is -10.5. The third-order valence-corrected chi connectivity index (χ3v) is 5.83. The van der Waals surface area contributed by atoms with Gasteiger partial charge in [0.1, 0.15) is 18.3 Å². The Hall–Kier alpha value is 1.93. The molecule has 1 unspecified atom stereocenters. The van der Waals surface area contributed by atoms with Crippen LogP contribution in [0.3, 0.4) is 0 Å². The number of nitrogens with one attached hydrogen (secondary N) is 1. The zero-order valence-electron chi connectivity index (χ0n) is 19.6. The quantitative estimate of drug-likeness (QED) is 0.135. The number of ether oxygens (including phenoxy) is 1. The van der Waals surface area contributed by atoms with Crippen LogP contribution in [0.1, 0.15) is 10.5 Å². The minimum absolute atomic E-state index is 0. The molecule has 162 valence electrons. The molecule has 3 rings (SSSR count). The van der Waals surface area contributed by atoms with Gasteiger partial charge in [-0.05, 0) is 0 Å². The number of H-pyrrole nitrogens is 1. The molecule has 16 nitrogen and oxygen atoms in total. The van der Waals surface area contributed by atoms with Crippen LogP contribution in [0, 0.1) is 0 Å². The van der Waals surface area contributed by atoms with Gasteiger partial charge in [0, 0.05) is 0 Å². The SMILES string of the molecule is Nc1nc2c(ncn2[C@@H]2O[C@H](COP(=O)(O)OP(=O)(O)O)[C@@H](O)[C@H]2O)c(=O)[nH]1.[H-].[H-].[H-].[K+].[Na+].[Na+]. The Morgan fingerprint density at radius 1 is 1.26 bits per heavy atom. The number of hydrogen-bond acceptors (Lipinski definition) is 11. The topological polar surface area (TPSA) is 253 Å². The Morgan fingerprint density at radius 3 is 2.45 bits per heavy atom. The number of nitrogens with two attached hydrogens (primary N) is 1. The molecule has 8 N–H and O–H groups in total. The predicted molar refractivity (Wildman–Crippen MR) is 90.7 cm³/mol. The van der Waals surface area contributed by atoms with Crippen molar-refractivity contribution < 1.29 is 162 Å². The molecule has 21 heteroatoms. The molecule has 0 radical (unpaired) electrons. The van der Waals surface area contributed by atoms with Crippen LogP contribution in [0.4, 0.5) is 5.95 Å². The summed E-state index contributed by atoms with van der Waals surface area (Å²) in [6, 6.07) is 0. The van der Waals surface area contributed by atoms with E-state index in [1.54, 1.807) is 0 Å². The zero-order valence-corrected chi connectivity index (χ0v) is 25.5. The number of phosphoric ester groups is 1. The summed E-state index contributed by atoms with van der Waals surface area (Å²) in [5.41, 5.74) is 4.65. The Kier molecular flexibility index (Phi) is 13.5. The number of rotatable bonds is 6. The summed E-state index contributed by atoms with van der Waals surface area (Å²) >= 11 is 0. The molecule has 0 aromatic carbocycles. The van der Waals surface area contributed by atoms with Gasteiger partial charge in [0.15, 0.2) is 17.4 Å². The summed E-state index contributed by atoms with van der Waals surface area (Å²) in [5, 5.41) is 20.3. The first-order chi connectivity index (χ1) is 12.9. The molecule has 1 saturated heterocycles. The minimum Gasteiger partial charge on any atom is -1.00 e. The molecule has 0 aliphatic carbocycles. The summed E-state index contributed by atoms with van der Waals surface area (Å²) in [4.78, 5) is 48.1. The monoisotopic (exact) mass is 531 g/mol. The number of hydrogen-bond donors (Lipinski definition) is 7. The fraction of sp³-hybridized carbons (Fsp3) is 0.500. The third-order valence-electron chi connectivity index (χ3n) is 3.67. The Morgan fingerprint density at radius 2 is 1.87 bits per heavy atom. The maximum atomic E-state index is 11.8. The average molecular weight is 531 g/mol. The van der Waals surface area contributed by atoms with Gasteiger partial charge in [0.05, 0.1) is 12.9 Å². The van der Waals surface area contributed by atoms with Crippen molar-refractivity contribution in [2.24, 2.45) is 0 Å². The van der Waals surface area contributed by atoms with E-state index in [2.05, 4.69) is 23.8 Å². The second-order valence-electron chi connectivity index (χ2n) is 5.66. The maximum absolute atomic E-state index is 11.8. The summed E-state index contributed by atoms with van der Waals surface area (Å²) in [6.45, 7) is -0.870. The molecular formula is C10H18KN5Na2O11P2.